The molecule has 5 aromatic rings. The lowest BCUT2D eigenvalue weighted by Gasteiger charge is -2.40. The Balaban J connectivity index is 0.717. The van der Waals surface area contributed by atoms with Gasteiger partial charge >= 0.3 is 0 Å². The van der Waals surface area contributed by atoms with E-state index in [-0.39, 0.29) is 23.3 Å². The number of aromatic nitrogens is 5. The number of imide groups is 1. The molecule has 1 spiro atoms. The Bertz CT molecular complexity index is 2310. The number of carbonyl (C=O) groups is 2. The first kappa shape index (κ1) is 35.8. The number of piperidine rings is 3. The van der Waals surface area contributed by atoms with E-state index in [0.29, 0.717) is 43.4 Å². The van der Waals surface area contributed by atoms with E-state index in [2.05, 4.69) is 83.9 Å². The molecule has 294 valence electrons. The summed E-state index contributed by atoms with van der Waals surface area (Å²) in [6, 6.07) is 15.4. The summed E-state index contributed by atoms with van der Waals surface area (Å²) in [4.78, 5) is 43.0. The number of fused-ring (bicyclic) bond motifs is 2. The van der Waals surface area contributed by atoms with E-state index in [9.17, 15) is 9.59 Å². The largest absolute Gasteiger partial charge is 0.474 e. The van der Waals surface area contributed by atoms with Crippen LogP contribution in [0, 0.1) is 6.92 Å². The number of pyridine rings is 1. The Morgan fingerprint density at radius 2 is 1.77 bits per heavy atom. The number of nitrogens with zero attached hydrogens (tertiary/aromatic N) is 7. The van der Waals surface area contributed by atoms with Crippen LogP contribution in [0.4, 0.5) is 23.0 Å². The fraction of sp³-hybridized carbons (Fsp3) is 0.442. The first-order valence-corrected chi connectivity index (χ1v) is 20.4. The van der Waals surface area contributed by atoms with Crippen molar-refractivity contribution in [2.24, 2.45) is 0 Å². The van der Waals surface area contributed by atoms with Gasteiger partial charge in [0, 0.05) is 80.4 Å². The Morgan fingerprint density at radius 3 is 2.60 bits per heavy atom. The first-order chi connectivity index (χ1) is 27.9. The quantitative estimate of drug-likeness (QED) is 0.174. The second kappa shape index (κ2) is 14.7. The molecule has 3 aromatic heterocycles. The molecule has 0 aliphatic carbocycles. The van der Waals surface area contributed by atoms with Gasteiger partial charge in [0.25, 0.3) is 0 Å². The van der Waals surface area contributed by atoms with Gasteiger partial charge in [0.2, 0.25) is 23.6 Å². The van der Waals surface area contributed by atoms with Crippen molar-refractivity contribution in [2.45, 2.75) is 75.5 Å². The van der Waals surface area contributed by atoms with E-state index in [1.54, 1.807) is 0 Å². The molecule has 8 heterocycles. The number of likely N-dealkylation sites (tertiary alicyclic amines) is 1. The minimum Gasteiger partial charge on any atom is -0.474 e. The van der Waals surface area contributed by atoms with E-state index in [0.717, 1.165) is 116 Å². The average Bonchev–Trinajstić information content (AvgIpc) is 3.89. The molecule has 4 saturated heterocycles. The Labute approximate surface area is 331 Å². The number of benzene rings is 2. The summed E-state index contributed by atoms with van der Waals surface area (Å²) < 4.78 is 14.4. The summed E-state index contributed by atoms with van der Waals surface area (Å²) in [6.45, 7) is 8.24. The highest BCUT2D eigenvalue weighted by molar-refractivity contribution is 6.01. The van der Waals surface area contributed by atoms with Crippen LogP contribution in [0.1, 0.15) is 68.0 Å². The molecule has 0 saturated carbocycles. The molecular weight excluding hydrogens is 721 g/mol. The minimum absolute atomic E-state index is 0.0519. The standard InChI is InChI=1S/C43H48N10O4/c1-27-36(24-45-41-39(27)44-14-19-56-41)29-2-3-30-22-46-42(49-37(30)20-29)48-31-23-47-53(25-31)33-10-15-51(16-11-33)34-21-43(57-26-34)12-17-52(18-13-43)32-6-4-28(5-7-32)35-8-9-38(54)50-40(35)55/h2-7,20,22-25,33-35,44H,8-19,21,26H2,1H3,(H,46,48,49)(H,50,54,55). The zero-order valence-corrected chi connectivity index (χ0v) is 32.2. The highest BCUT2D eigenvalue weighted by Gasteiger charge is 2.45. The summed E-state index contributed by atoms with van der Waals surface area (Å²) in [7, 11) is 0. The minimum atomic E-state index is -0.250. The fourth-order valence-corrected chi connectivity index (χ4v) is 9.51. The Kier molecular flexibility index (Phi) is 9.24. The predicted octanol–water partition coefficient (Wildman–Crippen LogP) is 5.73. The third-order valence-corrected chi connectivity index (χ3v) is 12.9. The lowest BCUT2D eigenvalue weighted by molar-refractivity contribution is -0.134. The lowest BCUT2D eigenvalue weighted by Crippen LogP contribution is -2.46. The molecule has 57 heavy (non-hydrogen) atoms. The fourth-order valence-electron chi connectivity index (χ4n) is 9.51. The first-order valence-electron chi connectivity index (χ1n) is 20.4. The number of ether oxygens (including phenoxy) is 2. The summed E-state index contributed by atoms with van der Waals surface area (Å²) >= 11 is 0. The third kappa shape index (κ3) is 7.05. The smallest absolute Gasteiger partial charge is 0.237 e. The zero-order chi connectivity index (χ0) is 38.5. The average molecular weight is 769 g/mol. The molecule has 0 bridgehead atoms. The second-order valence-corrected chi connectivity index (χ2v) is 16.3. The van der Waals surface area contributed by atoms with Crippen molar-refractivity contribution in [3.8, 4) is 17.0 Å². The van der Waals surface area contributed by atoms with Crippen molar-refractivity contribution in [3.63, 3.8) is 0 Å². The van der Waals surface area contributed by atoms with Crippen LogP contribution in [-0.2, 0) is 14.3 Å². The predicted molar refractivity (Wildman–Crippen MR) is 217 cm³/mol. The molecule has 3 N–H and O–H groups in total. The molecule has 5 aliphatic rings. The summed E-state index contributed by atoms with van der Waals surface area (Å²) in [6.07, 6.45) is 13.8. The van der Waals surface area contributed by atoms with Crippen molar-refractivity contribution in [1.82, 2.24) is 34.9 Å². The molecular formula is C43H48N10O4. The van der Waals surface area contributed by atoms with Gasteiger partial charge in [0.1, 0.15) is 12.3 Å². The highest BCUT2D eigenvalue weighted by Crippen LogP contribution is 2.41. The molecule has 2 amide bonds. The van der Waals surface area contributed by atoms with Crippen LogP contribution < -0.4 is 25.6 Å². The van der Waals surface area contributed by atoms with Gasteiger partial charge in [0.05, 0.1) is 41.6 Å². The number of amides is 2. The van der Waals surface area contributed by atoms with Crippen LogP contribution in [-0.4, -0.2) is 99.0 Å². The lowest BCUT2D eigenvalue weighted by atomic mass is 9.86. The second-order valence-electron chi connectivity index (χ2n) is 16.3. The molecule has 0 radical (unpaired) electrons. The molecule has 2 aromatic carbocycles. The van der Waals surface area contributed by atoms with Gasteiger partial charge in [-0.3, -0.25) is 24.5 Å². The van der Waals surface area contributed by atoms with Gasteiger partial charge in [-0.2, -0.15) is 5.10 Å². The molecule has 14 heteroatoms. The molecule has 2 atom stereocenters. The Hall–Kier alpha value is -5.60. The highest BCUT2D eigenvalue weighted by atomic mass is 16.5. The summed E-state index contributed by atoms with van der Waals surface area (Å²) in [5.41, 5.74) is 7.98. The van der Waals surface area contributed by atoms with Gasteiger partial charge in [-0.1, -0.05) is 24.3 Å². The topological polar surface area (TPSA) is 152 Å². The molecule has 14 nitrogen and oxygen atoms in total. The molecule has 4 fully saturated rings. The van der Waals surface area contributed by atoms with Crippen LogP contribution >= 0.6 is 0 Å². The van der Waals surface area contributed by atoms with Crippen molar-refractivity contribution < 1.29 is 19.1 Å². The van der Waals surface area contributed by atoms with Gasteiger partial charge in [0.15, 0.2) is 0 Å². The SMILES string of the molecule is Cc1c(-c2ccc3cnc(Nc4cnn(C5CCN(C6COC7(CCN(c8ccc(C9CCC(=O)NC9=O)cc8)CC7)C6)CC5)c4)nc3c2)cnc2c1NCCO2. The molecule has 5 aliphatic heterocycles. The van der Waals surface area contributed by atoms with E-state index in [1.807, 2.05) is 30.7 Å². The van der Waals surface area contributed by atoms with E-state index < -0.39 is 0 Å². The third-order valence-electron chi connectivity index (χ3n) is 12.9. The van der Waals surface area contributed by atoms with Crippen molar-refractivity contribution >= 4 is 45.7 Å². The summed E-state index contributed by atoms with van der Waals surface area (Å²) in [5, 5.41) is 15.0. The van der Waals surface area contributed by atoms with Crippen LogP contribution in [0.2, 0.25) is 0 Å². The van der Waals surface area contributed by atoms with Crippen molar-refractivity contribution in [2.75, 3.05) is 61.5 Å². The van der Waals surface area contributed by atoms with E-state index in [1.165, 1.54) is 5.69 Å². The van der Waals surface area contributed by atoms with Crippen molar-refractivity contribution in [1.29, 1.82) is 0 Å². The van der Waals surface area contributed by atoms with Gasteiger partial charge < -0.3 is 25.0 Å². The van der Waals surface area contributed by atoms with Crippen LogP contribution in [0.25, 0.3) is 22.0 Å². The maximum absolute atomic E-state index is 12.3. The van der Waals surface area contributed by atoms with Gasteiger partial charge in [-0.15, -0.1) is 0 Å². The van der Waals surface area contributed by atoms with Gasteiger partial charge in [-0.25, -0.2) is 15.0 Å². The normalized spacial score (nSPS) is 22.6. The molecule has 10 rings (SSSR count). The van der Waals surface area contributed by atoms with Gasteiger partial charge in [-0.05, 0) is 80.3 Å². The number of anilines is 4. The van der Waals surface area contributed by atoms with Crippen LogP contribution in [0.5, 0.6) is 5.88 Å². The summed E-state index contributed by atoms with van der Waals surface area (Å²) in [5.74, 6) is 0.575. The maximum Gasteiger partial charge on any atom is 0.237 e. The number of hydrogen-bond acceptors (Lipinski definition) is 12. The van der Waals surface area contributed by atoms with Crippen molar-refractivity contribution in [3.05, 3.63) is 78.4 Å². The van der Waals surface area contributed by atoms with Crippen LogP contribution in [0.3, 0.4) is 0 Å². The number of nitrogens with one attached hydrogen (secondary N) is 3. The number of carbonyl (C=O) groups excluding carboxylic acids is 2. The van der Waals surface area contributed by atoms with Crippen LogP contribution in [0.15, 0.2) is 67.3 Å². The maximum atomic E-state index is 12.3. The van der Waals surface area contributed by atoms with E-state index in [4.69, 9.17) is 19.6 Å². The monoisotopic (exact) mass is 768 g/mol. The number of rotatable bonds is 7. The Morgan fingerprint density at radius 1 is 0.930 bits per heavy atom. The number of hydrogen-bond donors (Lipinski definition) is 3. The zero-order valence-electron chi connectivity index (χ0n) is 32.2. The molecule has 2 unspecified atom stereocenters. The van der Waals surface area contributed by atoms with E-state index >= 15 is 0 Å².